The highest BCUT2D eigenvalue weighted by Gasteiger charge is 2.12. The van der Waals surface area contributed by atoms with Crippen LogP contribution in [-0.2, 0) is 6.54 Å². The van der Waals surface area contributed by atoms with Crippen LogP contribution in [0.25, 0.3) is 0 Å². The lowest BCUT2D eigenvalue weighted by molar-refractivity contribution is 0.594. The third kappa shape index (κ3) is 3.23. The monoisotopic (exact) mass is 301 g/mol. The van der Waals surface area contributed by atoms with E-state index in [9.17, 15) is 4.39 Å². The number of nitrogens with zero attached hydrogens (tertiary/aromatic N) is 2. The Balaban J connectivity index is 2.26. The quantitative estimate of drug-likeness (QED) is 0.858. The Labute approximate surface area is 118 Å². The molecule has 0 radical (unpaired) electrons. The average molecular weight is 301 g/mol. The average Bonchev–Trinajstić information content (AvgIpc) is 2.82. The van der Waals surface area contributed by atoms with Crippen LogP contribution in [0.5, 0.6) is 0 Å². The highest BCUT2D eigenvalue weighted by molar-refractivity contribution is 8.03. The van der Waals surface area contributed by atoms with Crippen molar-refractivity contribution in [1.82, 2.24) is 15.5 Å². The first-order valence-corrected chi connectivity index (χ1v) is 8.07. The molecule has 0 fully saturated rings. The van der Waals surface area contributed by atoms with Crippen molar-refractivity contribution in [1.29, 1.82) is 0 Å². The number of thioether (sulfide) groups is 1. The van der Waals surface area contributed by atoms with Crippen molar-refractivity contribution in [2.45, 2.75) is 20.1 Å². The van der Waals surface area contributed by atoms with Gasteiger partial charge >= 0.3 is 0 Å². The molecule has 3 nitrogen and oxygen atoms in total. The SMILES string of the molecule is CNCc1cccc(F)c1Sc1nnc(SC)s1. The minimum absolute atomic E-state index is 0.214. The lowest BCUT2D eigenvalue weighted by Crippen LogP contribution is -2.06. The fourth-order valence-corrected chi connectivity index (χ4v) is 3.92. The van der Waals surface area contributed by atoms with Crippen molar-refractivity contribution in [3.05, 3.63) is 29.6 Å². The van der Waals surface area contributed by atoms with Crippen LogP contribution in [-0.4, -0.2) is 23.5 Å². The summed E-state index contributed by atoms with van der Waals surface area (Å²) in [6.07, 6.45) is 1.95. The van der Waals surface area contributed by atoms with Gasteiger partial charge in [-0.05, 0) is 24.9 Å². The van der Waals surface area contributed by atoms with E-state index in [2.05, 4.69) is 15.5 Å². The van der Waals surface area contributed by atoms with Crippen molar-refractivity contribution in [2.24, 2.45) is 0 Å². The minimum Gasteiger partial charge on any atom is -0.316 e. The van der Waals surface area contributed by atoms with Gasteiger partial charge in [-0.3, -0.25) is 0 Å². The van der Waals surface area contributed by atoms with Crippen molar-refractivity contribution < 1.29 is 4.39 Å². The number of rotatable bonds is 5. The summed E-state index contributed by atoms with van der Waals surface area (Å²) in [6, 6.07) is 5.11. The largest absolute Gasteiger partial charge is 0.316 e. The molecule has 0 aliphatic rings. The van der Waals surface area contributed by atoms with Crippen LogP contribution in [0.2, 0.25) is 0 Å². The molecule has 0 spiro atoms. The standard InChI is InChI=1S/C11H12FN3S3/c1-13-6-7-4-3-5-8(12)9(7)17-11-15-14-10(16-2)18-11/h3-5,13H,6H2,1-2H3. The Morgan fingerprint density at radius 3 is 2.78 bits per heavy atom. The van der Waals surface area contributed by atoms with Gasteiger partial charge in [-0.1, -0.05) is 47.0 Å². The van der Waals surface area contributed by atoms with Crippen molar-refractivity contribution in [2.75, 3.05) is 13.3 Å². The zero-order valence-electron chi connectivity index (χ0n) is 9.94. The minimum atomic E-state index is -0.214. The first-order chi connectivity index (χ1) is 8.74. The van der Waals surface area contributed by atoms with E-state index in [1.807, 2.05) is 19.4 Å². The molecule has 0 saturated heterocycles. The number of hydrogen-bond acceptors (Lipinski definition) is 6. The first-order valence-electron chi connectivity index (χ1n) is 5.22. The Hall–Kier alpha value is -0.630. The number of benzene rings is 1. The van der Waals surface area contributed by atoms with Crippen LogP contribution in [0.1, 0.15) is 5.56 Å². The molecule has 1 N–H and O–H groups in total. The lowest BCUT2D eigenvalue weighted by Gasteiger charge is -2.07. The summed E-state index contributed by atoms with van der Waals surface area (Å²) < 4.78 is 15.5. The lowest BCUT2D eigenvalue weighted by atomic mass is 10.2. The van der Waals surface area contributed by atoms with Gasteiger partial charge in [0.2, 0.25) is 0 Å². The van der Waals surface area contributed by atoms with Crippen molar-refractivity contribution >= 4 is 34.9 Å². The van der Waals surface area contributed by atoms with Crippen molar-refractivity contribution in [3.8, 4) is 0 Å². The van der Waals surface area contributed by atoms with Gasteiger partial charge in [0.25, 0.3) is 0 Å². The molecule has 0 saturated carbocycles. The topological polar surface area (TPSA) is 37.8 Å². The predicted molar refractivity (Wildman–Crippen MR) is 75.0 cm³/mol. The molecule has 96 valence electrons. The van der Waals surface area contributed by atoms with E-state index in [0.717, 1.165) is 14.2 Å². The number of nitrogens with one attached hydrogen (secondary N) is 1. The molecule has 0 aliphatic heterocycles. The van der Waals surface area contributed by atoms with E-state index in [1.54, 1.807) is 17.8 Å². The fraction of sp³-hybridized carbons (Fsp3) is 0.273. The van der Waals surface area contributed by atoms with Crippen LogP contribution in [0, 0.1) is 5.82 Å². The highest BCUT2D eigenvalue weighted by Crippen LogP contribution is 2.36. The second-order valence-electron chi connectivity index (χ2n) is 3.40. The molecule has 2 aromatic rings. The van der Waals surface area contributed by atoms with E-state index in [0.29, 0.717) is 11.4 Å². The summed E-state index contributed by atoms with van der Waals surface area (Å²) in [4.78, 5) is 0.621. The predicted octanol–water partition coefficient (Wildman–Crippen LogP) is 3.27. The van der Waals surface area contributed by atoms with E-state index in [4.69, 9.17) is 0 Å². The zero-order chi connectivity index (χ0) is 13.0. The molecule has 0 atom stereocenters. The van der Waals surface area contributed by atoms with Crippen LogP contribution in [0.4, 0.5) is 4.39 Å². The molecular formula is C11H12FN3S3. The van der Waals surface area contributed by atoms with Crippen LogP contribution in [0.15, 0.2) is 31.8 Å². The third-order valence-electron chi connectivity index (χ3n) is 2.17. The van der Waals surface area contributed by atoms with Gasteiger partial charge in [0.1, 0.15) is 5.82 Å². The Kier molecular flexibility index (Phi) is 4.99. The first kappa shape index (κ1) is 13.8. The van der Waals surface area contributed by atoms with E-state index in [-0.39, 0.29) is 5.82 Å². The van der Waals surface area contributed by atoms with Crippen molar-refractivity contribution in [3.63, 3.8) is 0 Å². The molecule has 2 rings (SSSR count). The Bertz CT molecular complexity index is 530. The second kappa shape index (κ2) is 6.51. The molecule has 1 aromatic heterocycles. The maximum Gasteiger partial charge on any atom is 0.179 e. The second-order valence-corrected chi connectivity index (χ2v) is 6.69. The fourth-order valence-electron chi connectivity index (χ4n) is 1.41. The Morgan fingerprint density at radius 2 is 2.11 bits per heavy atom. The number of aromatic nitrogens is 2. The maximum atomic E-state index is 13.9. The molecule has 1 heterocycles. The molecule has 1 aromatic carbocycles. The molecular weight excluding hydrogens is 289 g/mol. The highest BCUT2D eigenvalue weighted by atomic mass is 32.2. The normalized spacial score (nSPS) is 10.8. The molecule has 18 heavy (non-hydrogen) atoms. The van der Waals surface area contributed by atoms with Crippen LogP contribution >= 0.6 is 34.9 Å². The van der Waals surface area contributed by atoms with Crippen LogP contribution < -0.4 is 5.32 Å². The van der Waals surface area contributed by atoms with Gasteiger partial charge in [0.15, 0.2) is 8.68 Å². The molecule has 0 aliphatic carbocycles. The summed E-state index contributed by atoms with van der Waals surface area (Å²) in [5.74, 6) is -0.214. The zero-order valence-corrected chi connectivity index (χ0v) is 12.4. The Morgan fingerprint density at radius 1 is 1.33 bits per heavy atom. The summed E-state index contributed by atoms with van der Waals surface area (Å²) in [6.45, 7) is 0.633. The summed E-state index contributed by atoms with van der Waals surface area (Å²) in [5, 5.41) is 11.1. The van der Waals surface area contributed by atoms with Gasteiger partial charge in [-0.25, -0.2) is 4.39 Å². The smallest absolute Gasteiger partial charge is 0.179 e. The molecule has 7 heteroatoms. The van der Waals surface area contributed by atoms with Gasteiger partial charge < -0.3 is 5.32 Å². The van der Waals surface area contributed by atoms with Crippen LogP contribution in [0.3, 0.4) is 0 Å². The van der Waals surface area contributed by atoms with Gasteiger partial charge in [-0.2, -0.15) is 0 Å². The van der Waals surface area contributed by atoms with Gasteiger partial charge in [0, 0.05) is 6.54 Å². The summed E-state index contributed by atoms with van der Waals surface area (Å²) >= 11 is 4.36. The molecule has 0 bridgehead atoms. The maximum absolute atomic E-state index is 13.9. The summed E-state index contributed by atoms with van der Waals surface area (Å²) in [5.41, 5.74) is 0.934. The molecule has 0 unspecified atom stereocenters. The summed E-state index contributed by atoms with van der Waals surface area (Å²) in [7, 11) is 1.84. The van der Waals surface area contributed by atoms with E-state index < -0.39 is 0 Å². The number of hydrogen-bond donors (Lipinski definition) is 1. The molecule has 0 amide bonds. The number of halogens is 1. The van der Waals surface area contributed by atoms with Gasteiger partial charge in [-0.15, -0.1) is 10.2 Å². The van der Waals surface area contributed by atoms with Gasteiger partial charge in [0.05, 0.1) is 4.90 Å². The van der Waals surface area contributed by atoms with E-state index >= 15 is 0 Å². The van der Waals surface area contributed by atoms with E-state index in [1.165, 1.54) is 29.2 Å². The third-order valence-corrected chi connectivity index (χ3v) is 5.28.